The maximum absolute atomic E-state index is 12.4. The molecule has 0 aromatic heterocycles. The van der Waals surface area contributed by atoms with Gasteiger partial charge in [0, 0.05) is 16.3 Å². The van der Waals surface area contributed by atoms with E-state index < -0.39 is 21.8 Å². The fourth-order valence-electron chi connectivity index (χ4n) is 2.12. The number of alkyl halides is 3. The standard InChI is InChI=1S/C18H15Cl4N3O3S/c1-28-15(27)11-4-8-13(9-5-11)23-17(29)25-16(18(20,21)22)24-14(26)10-2-6-12(19)7-3-10/h2-9,16H,1H3,(H,24,26)(H2,23,25,29)/t16-/m1/s1. The number of carbonyl (C=O) groups is 2. The van der Waals surface area contributed by atoms with Crippen LogP contribution in [-0.2, 0) is 4.74 Å². The van der Waals surface area contributed by atoms with E-state index in [1.165, 1.54) is 19.2 Å². The number of thiocarbonyl (C=S) groups is 1. The maximum Gasteiger partial charge on any atom is 0.337 e. The van der Waals surface area contributed by atoms with E-state index in [0.717, 1.165) is 0 Å². The van der Waals surface area contributed by atoms with Gasteiger partial charge in [0.05, 0.1) is 12.7 Å². The molecule has 154 valence electrons. The molecule has 0 aliphatic heterocycles. The summed E-state index contributed by atoms with van der Waals surface area (Å²) in [5, 5.41) is 8.75. The van der Waals surface area contributed by atoms with Gasteiger partial charge in [0.25, 0.3) is 5.91 Å². The average Bonchev–Trinajstić information content (AvgIpc) is 2.67. The van der Waals surface area contributed by atoms with Crippen molar-refractivity contribution in [2.45, 2.75) is 9.96 Å². The Morgan fingerprint density at radius 2 is 1.52 bits per heavy atom. The van der Waals surface area contributed by atoms with Crippen molar-refractivity contribution in [3.63, 3.8) is 0 Å². The van der Waals surface area contributed by atoms with E-state index in [9.17, 15) is 9.59 Å². The number of hydrogen-bond acceptors (Lipinski definition) is 4. The fourth-order valence-corrected chi connectivity index (χ4v) is 2.81. The molecule has 0 aliphatic carbocycles. The highest BCUT2D eigenvalue weighted by atomic mass is 35.6. The lowest BCUT2D eigenvalue weighted by Crippen LogP contribution is -2.56. The second kappa shape index (κ2) is 10.3. The molecule has 6 nitrogen and oxygen atoms in total. The van der Waals surface area contributed by atoms with Crippen LogP contribution < -0.4 is 16.0 Å². The van der Waals surface area contributed by atoms with E-state index in [1.54, 1.807) is 36.4 Å². The molecule has 0 unspecified atom stereocenters. The number of esters is 1. The van der Waals surface area contributed by atoms with Gasteiger partial charge in [-0.05, 0) is 60.7 Å². The Labute approximate surface area is 192 Å². The fraction of sp³-hybridized carbons (Fsp3) is 0.167. The number of carbonyl (C=O) groups excluding carboxylic acids is 2. The average molecular weight is 495 g/mol. The van der Waals surface area contributed by atoms with Crippen molar-refractivity contribution in [3.05, 3.63) is 64.7 Å². The van der Waals surface area contributed by atoms with Gasteiger partial charge in [-0.2, -0.15) is 0 Å². The van der Waals surface area contributed by atoms with Crippen molar-refractivity contribution in [2.24, 2.45) is 0 Å². The Hall–Kier alpha value is -1.77. The van der Waals surface area contributed by atoms with Gasteiger partial charge >= 0.3 is 5.97 Å². The van der Waals surface area contributed by atoms with Crippen LogP contribution in [0.1, 0.15) is 20.7 Å². The first kappa shape index (κ1) is 23.5. The normalized spacial score (nSPS) is 11.9. The lowest BCUT2D eigenvalue weighted by molar-refractivity contribution is 0.0600. The Balaban J connectivity index is 2.04. The number of benzene rings is 2. The molecule has 2 aromatic rings. The second-order valence-corrected chi connectivity index (χ2v) is 8.84. The molecule has 0 radical (unpaired) electrons. The van der Waals surface area contributed by atoms with Crippen LogP contribution in [0.15, 0.2) is 48.5 Å². The van der Waals surface area contributed by atoms with Crippen LogP contribution in [0.2, 0.25) is 5.02 Å². The van der Waals surface area contributed by atoms with Gasteiger partial charge in [-0.15, -0.1) is 0 Å². The molecule has 0 aliphatic rings. The van der Waals surface area contributed by atoms with Gasteiger partial charge in [-0.3, -0.25) is 4.79 Å². The molecule has 0 saturated carbocycles. The molecule has 0 fully saturated rings. The monoisotopic (exact) mass is 493 g/mol. The van der Waals surface area contributed by atoms with Gasteiger partial charge in [0.2, 0.25) is 3.79 Å². The molecule has 0 bridgehead atoms. The number of hydrogen-bond donors (Lipinski definition) is 3. The number of anilines is 1. The lowest BCUT2D eigenvalue weighted by Gasteiger charge is -2.27. The van der Waals surface area contributed by atoms with Crippen molar-refractivity contribution in [1.82, 2.24) is 10.6 Å². The van der Waals surface area contributed by atoms with E-state index in [2.05, 4.69) is 20.7 Å². The van der Waals surface area contributed by atoms with Gasteiger partial charge in [0.1, 0.15) is 6.17 Å². The molecule has 2 rings (SSSR count). The van der Waals surface area contributed by atoms with Crippen LogP contribution in [0.3, 0.4) is 0 Å². The summed E-state index contributed by atoms with van der Waals surface area (Å²) in [7, 11) is 1.29. The molecule has 0 saturated heterocycles. The van der Waals surface area contributed by atoms with Crippen LogP contribution in [0.5, 0.6) is 0 Å². The summed E-state index contributed by atoms with van der Waals surface area (Å²) in [6.07, 6.45) is -1.13. The molecule has 2 aromatic carbocycles. The molecular formula is C18H15Cl4N3O3S. The molecule has 29 heavy (non-hydrogen) atoms. The van der Waals surface area contributed by atoms with Gasteiger partial charge in [-0.1, -0.05) is 46.4 Å². The van der Waals surface area contributed by atoms with Crippen LogP contribution in [0, 0.1) is 0 Å². The highest BCUT2D eigenvalue weighted by Crippen LogP contribution is 2.29. The van der Waals surface area contributed by atoms with E-state index in [-0.39, 0.29) is 5.11 Å². The number of amides is 1. The highest BCUT2D eigenvalue weighted by molar-refractivity contribution is 7.80. The van der Waals surface area contributed by atoms with Gasteiger partial charge in [-0.25, -0.2) is 4.79 Å². The molecule has 1 atom stereocenters. The first-order valence-corrected chi connectivity index (χ1v) is 9.91. The number of nitrogens with one attached hydrogen (secondary N) is 3. The Kier molecular flexibility index (Phi) is 8.36. The van der Waals surface area contributed by atoms with E-state index in [1.807, 2.05) is 0 Å². The zero-order valence-electron chi connectivity index (χ0n) is 14.8. The molecule has 11 heteroatoms. The number of ether oxygens (including phenoxy) is 1. The van der Waals surface area contributed by atoms with Crippen LogP contribution in [0.25, 0.3) is 0 Å². The minimum atomic E-state index is -1.90. The number of rotatable bonds is 5. The van der Waals surface area contributed by atoms with E-state index in [0.29, 0.717) is 21.8 Å². The summed E-state index contributed by atoms with van der Waals surface area (Å²) in [4.78, 5) is 23.9. The van der Waals surface area contributed by atoms with Gasteiger partial charge in [0.15, 0.2) is 5.11 Å². The lowest BCUT2D eigenvalue weighted by atomic mass is 10.2. The predicted octanol–water partition coefficient (Wildman–Crippen LogP) is 4.54. The molecule has 1 amide bonds. The highest BCUT2D eigenvalue weighted by Gasteiger charge is 2.34. The Bertz CT molecular complexity index is 887. The summed E-state index contributed by atoms with van der Waals surface area (Å²) < 4.78 is 2.74. The number of halogens is 4. The molecule has 0 heterocycles. The van der Waals surface area contributed by atoms with Crippen LogP contribution in [0.4, 0.5) is 5.69 Å². The van der Waals surface area contributed by atoms with Crippen molar-refractivity contribution in [3.8, 4) is 0 Å². The van der Waals surface area contributed by atoms with Crippen LogP contribution in [-0.4, -0.2) is 34.1 Å². The maximum atomic E-state index is 12.4. The third-order valence-electron chi connectivity index (χ3n) is 3.55. The zero-order chi connectivity index (χ0) is 21.6. The third kappa shape index (κ3) is 7.21. The van der Waals surface area contributed by atoms with Crippen molar-refractivity contribution in [2.75, 3.05) is 12.4 Å². The largest absolute Gasteiger partial charge is 0.465 e. The Morgan fingerprint density at radius 1 is 0.966 bits per heavy atom. The minimum absolute atomic E-state index is 0.0866. The SMILES string of the molecule is COC(=O)c1ccc(NC(=S)N[C@@H](NC(=O)c2ccc(Cl)cc2)C(Cl)(Cl)Cl)cc1. The van der Waals surface area contributed by atoms with E-state index >= 15 is 0 Å². The first-order chi connectivity index (χ1) is 13.6. The molecule has 3 N–H and O–H groups in total. The van der Waals surface area contributed by atoms with Crippen molar-refractivity contribution < 1.29 is 14.3 Å². The van der Waals surface area contributed by atoms with Gasteiger partial charge < -0.3 is 20.7 Å². The Morgan fingerprint density at radius 3 is 2.03 bits per heavy atom. The zero-order valence-corrected chi connectivity index (χ0v) is 18.7. The summed E-state index contributed by atoms with van der Waals surface area (Å²) >= 11 is 28.9. The summed E-state index contributed by atoms with van der Waals surface area (Å²) in [6.45, 7) is 0. The third-order valence-corrected chi connectivity index (χ3v) is 4.68. The summed E-state index contributed by atoms with van der Waals surface area (Å²) in [5.74, 6) is -0.950. The summed E-state index contributed by atoms with van der Waals surface area (Å²) in [5.41, 5.74) is 1.28. The minimum Gasteiger partial charge on any atom is -0.465 e. The first-order valence-electron chi connectivity index (χ1n) is 7.99. The van der Waals surface area contributed by atoms with E-state index in [4.69, 9.17) is 58.6 Å². The number of methoxy groups -OCH3 is 1. The second-order valence-electron chi connectivity index (χ2n) is 5.62. The summed E-state index contributed by atoms with van der Waals surface area (Å²) in [6, 6.07) is 12.6. The van der Waals surface area contributed by atoms with Crippen molar-refractivity contribution in [1.29, 1.82) is 0 Å². The molecular weight excluding hydrogens is 480 g/mol. The van der Waals surface area contributed by atoms with Crippen molar-refractivity contribution >= 4 is 81.3 Å². The van der Waals surface area contributed by atoms with Crippen LogP contribution >= 0.6 is 58.6 Å². The molecule has 0 spiro atoms. The quantitative estimate of drug-likeness (QED) is 0.245. The smallest absolute Gasteiger partial charge is 0.337 e. The predicted molar refractivity (Wildman–Crippen MR) is 120 cm³/mol. The topological polar surface area (TPSA) is 79.5 Å².